The van der Waals surface area contributed by atoms with Gasteiger partial charge in [0.15, 0.2) is 0 Å². The smallest absolute Gasteiger partial charge is 0.147 e. The van der Waals surface area contributed by atoms with Gasteiger partial charge in [-0.15, -0.1) is 0 Å². The molecule has 0 unspecified atom stereocenters. The minimum atomic E-state index is -0.443. The number of methoxy groups -OCH3 is 2. The summed E-state index contributed by atoms with van der Waals surface area (Å²) in [4.78, 5) is 0.156. The Morgan fingerprint density at radius 2 is 1.71 bits per heavy atom. The molecule has 0 aliphatic rings. The number of nitrogens with one attached hydrogen (secondary N) is 1. The van der Waals surface area contributed by atoms with Crippen LogP contribution in [0.15, 0.2) is 36.4 Å². The lowest BCUT2D eigenvalue weighted by molar-refractivity contribution is 0.395. The molecule has 0 aromatic heterocycles. The van der Waals surface area contributed by atoms with Crippen molar-refractivity contribution in [1.29, 1.82) is 0 Å². The summed E-state index contributed by atoms with van der Waals surface area (Å²) in [7, 11) is 3.10. The fraction of sp³-hybridized carbons (Fsp3) is 0.133. The number of nitrogens with two attached hydrogens (primary N) is 1. The molecule has 0 bridgehead atoms. The first-order valence-corrected chi connectivity index (χ1v) is 6.53. The lowest BCUT2D eigenvalue weighted by atomic mass is 10.2. The second kappa shape index (κ2) is 6.41. The molecule has 4 nitrogen and oxygen atoms in total. The van der Waals surface area contributed by atoms with Gasteiger partial charge in [-0.1, -0.05) is 12.2 Å². The van der Waals surface area contributed by atoms with Crippen molar-refractivity contribution in [3.8, 4) is 11.5 Å². The average Bonchev–Trinajstić information content (AvgIpc) is 2.48. The summed E-state index contributed by atoms with van der Waals surface area (Å²) >= 11 is 4.82. The fourth-order valence-electron chi connectivity index (χ4n) is 1.80. The Hall–Kier alpha value is -2.34. The highest BCUT2D eigenvalue weighted by molar-refractivity contribution is 7.80. The van der Waals surface area contributed by atoms with Crippen LogP contribution < -0.4 is 20.5 Å². The van der Waals surface area contributed by atoms with Gasteiger partial charge in [0.05, 0.1) is 19.9 Å². The highest BCUT2D eigenvalue weighted by Crippen LogP contribution is 2.29. The molecule has 0 saturated heterocycles. The molecule has 0 aliphatic carbocycles. The van der Waals surface area contributed by atoms with Gasteiger partial charge in [0.2, 0.25) is 0 Å². The Morgan fingerprint density at radius 1 is 1.10 bits per heavy atom. The quantitative estimate of drug-likeness (QED) is 0.831. The van der Waals surface area contributed by atoms with Gasteiger partial charge in [-0.2, -0.15) is 0 Å². The first-order valence-electron chi connectivity index (χ1n) is 6.13. The standard InChI is InChI=1S/C15H15FN2O2S/c1-19-11-6-10(7-12(8-11)20-2)18-14-4-3-9(15(17)21)5-13(14)16/h3-8,18H,1-2H3,(H2,17,21). The van der Waals surface area contributed by atoms with E-state index in [1.54, 1.807) is 44.6 Å². The normalized spacial score (nSPS) is 10.0. The molecule has 3 N–H and O–H groups in total. The van der Waals surface area contributed by atoms with E-state index in [-0.39, 0.29) is 4.99 Å². The largest absolute Gasteiger partial charge is 0.497 e. The van der Waals surface area contributed by atoms with E-state index in [0.29, 0.717) is 28.4 Å². The molecule has 110 valence electrons. The lowest BCUT2D eigenvalue weighted by Gasteiger charge is -2.12. The maximum Gasteiger partial charge on any atom is 0.147 e. The Balaban J connectivity index is 2.31. The highest BCUT2D eigenvalue weighted by Gasteiger charge is 2.07. The van der Waals surface area contributed by atoms with Gasteiger partial charge in [0.25, 0.3) is 0 Å². The summed E-state index contributed by atoms with van der Waals surface area (Å²) in [6.45, 7) is 0. The Morgan fingerprint density at radius 3 is 2.19 bits per heavy atom. The van der Waals surface area contributed by atoms with Crippen LogP contribution in [-0.4, -0.2) is 19.2 Å². The van der Waals surface area contributed by atoms with Gasteiger partial charge in [-0.25, -0.2) is 4.39 Å². The molecule has 0 spiro atoms. The number of thiocarbonyl (C=S) groups is 1. The van der Waals surface area contributed by atoms with E-state index in [9.17, 15) is 4.39 Å². The van der Waals surface area contributed by atoms with Crippen molar-refractivity contribution >= 4 is 28.6 Å². The minimum absolute atomic E-state index is 0.156. The predicted molar refractivity (Wildman–Crippen MR) is 85.1 cm³/mol. The number of hydrogen-bond donors (Lipinski definition) is 2. The van der Waals surface area contributed by atoms with Gasteiger partial charge < -0.3 is 20.5 Å². The summed E-state index contributed by atoms with van der Waals surface area (Å²) < 4.78 is 24.4. The number of benzene rings is 2. The molecule has 0 atom stereocenters. The first kappa shape index (κ1) is 15.1. The van der Waals surface area contributed by atoms with Crippen LogP contribution in [0.3, 0.4) is 0 Å². The van der Waals surface area contributed by atoms with Crippen LogP contribution in [0.4, 0.5) is 15.8 Å². The van der Waals surface area contributed by atoms with Crippen molar-refractivity contribution in [3.63, 3.8) is 0 Å². The topological polar surface area (TPSA) is 56.5 Å². The molecule has 2 aromatic carbocycles. The molecule has 6 heteroatoms. The van der Waals surface area contributed by atoms with Crippen LogP contribution in [-0.2, 0) is 0 Å². The zero-order chi connectivity index (χ0) is 15.4. The Bertz CT molecular complexity index is 654. The maximum absolute atomic E-state index is 14.0. The molecule has 0 fully saturated rings. The van der Waals surface area contributed by atoms with Crippen LogP contribution >= 0.6 is 12.2 Å². The third-order valence-electron chi connectivity index (χ3n) is 2.88. The van der Waals surface area contributed by atoms with Crippen LogP contribution in [0.5, 0.6) is 11.5 Å². The Labute approximate surface area is 127 Å². The summed E-state index contributed by atoms with van der Waals surface area (Å²) in [6, 6.07) is 9.74. The Kier molecular flexibility index (Phi) is 4.59. The zero-order valence-electron chi connectivity index (χ0n) is 11.6. The number of rotatable bonds is 5. The van der Waals surface area contributed by atoms with Crippen molar-refractivity contribution in [2.24, 2.45) is 5.73 Å². The zero-order valence-corrected chi connectivity index (χ0v) is 12.5. The number of hydrogen-bond acceptors (Lipinski definition) is 4. The molecule has 0 radical (unpaired) electrons. The van der Waals surface area contributed by atoms with E-state index in [0.717, 1.165) is 0 Å². The lowest BCUT2D eigenvalue weighted by Crippen LogP contribution is -2.09. The van der Waals surface area contributed by atoms with Gasteiger partial charge in [0.1, 0.15) is 22.3 Å². The van der Waals surface area contributed by atoms with E-state index in [4.69, 9.17) is 27.4 Å². The van der Waals surface area contributed by atoms with Crippen LogP contribution in [0.1, 0.15) is 5.56 Å². The van der Waals surface area contributed by atoms with E-state index in [1.807, 2.05) is 0 Å². The van der Waals surface area contributed by atoms with Crippen molar-refractivity contribution in [2.45, 2.75) is 0 Å². The molecule has 2 aromatic rings. The van der Waals surface area contributed by atoms with Crippen LogP contribution in [0, 0.1) is 5.82 Å². The molecule has 0 amide bonds. The monoisotopic (exact) mass is 306 g/mol. The predicted octanol–water partition coefficient (Wildman–Crippen LogP) is 3.22. The van der Waals surface area contributed by atoms with Gasteiger partial charge in [-0.3, -0.25) is 0 Å². The molecular weight excluding hydrogens is 291 g/mol. The first-order chi connectivity index (χ1) is 10.0. The fourth-order valence-corrected chi connectivity index (χ4v) is 1.93. The molecule has 0 aliphatic heterocycles. The van der Waals surface area contributed by atoms with Crippen LogP contribution in [0.2, 0.25) is 0 Å². The second-order valence-corrected chi connectivity index (χ2v) is 4.73. The van der Waals surface area contributed by atoms with Gasteiger partial charge >= 0.3 is 0 Å². The van der Waals surface area contributed by atoms with Crippen molar-refractivity contribution in [3.05, 3.63) is 47.8 Å². The second-order valence-electron chi connectivity index (χ2n) is 4.29. The third kappa shape index (κ3) is 3.61. The molecule has 21 heavy (non-hydrogen) atoms. The van der Waals surface area contributed by atoms with E-state index < -0.39 is 5.82 Å². The van der Waals surface area contributed by atoms with E-state index in [1.165, 1.54) is 6.07 Å². The highest BCUT2D eigenvalue weighted by atomic mass is 32.1. The number of anilines is 2. The van der Waals surface area contributed by atoms with Crippen molar-refractivity contribution in [2.75, 3.05) is 19.5 Å². The van der Waals surface area contributed by atoms with Crippen molar-refractivity contribution in [1.82, 2.24) is 0 Å². The summed E-state index contributed by atoms with van der Waals surface area (Å²) in [5.74, 6) is 0.774. The van der Waals surface area contributed by atoms with Crippen molar-refractivity contribution < 1.29 is 13.9 Å². The summed E-state index contributed by atoms with van der Waals surface area (Å²) in [5, 5.41) is 2.97. The molecular formula is C15H15FN2O2S. The van der Waals surface area contributed by atoms with Gasteiger partial charge in [0, 0.05) is 29.4 Å². The number of halogens is 1. The molecule has 0 heterocycles. The maximum atomic E-state index is 14.0. The average molecular weight is 306 g/mol. The summed E-state index contributed by atoms with van der Waals surface area (Å²) in [5.41, 5.74) is 6.91. The SMILES string of the molecule is COc1cc(Nc2ccc(C(N)=S)cc2F)cc(OC)c1. The van der Waals surface area contributed by atoms with E-state index >= 15 is 0 Å². The van der Waals surface area contributed by atoms with Gasteiger partial charge in [-0.05, 0) is 18.2 Å². The van der Waals surface area contributed by atoms with Crippen LogP contribution in [0.25, 0.3) is 0 Å². The van der Waals surface area contributed by atoms with E-state index in [2.05, 4.69) is 5.32 Å². The minimum Gasteiger partial charge on any atom is -0.497 e. The summed E-state index contributed by atoms with van der Waals surface area (Å²) in [6.07, 6.45) is 0. The third-order valence-corrected chi connectivity index (χ3v) is 3.12. The molecule has 0 saturated carbocycles. The number of ether oxygens (including phenoxy) is 2. The molecule has 2 rings (SSSR count).